The highest BCUT2D eigenvalue weighted by Crippen LogP contribution is 2.64. The molecule has 4 nitrogen and oxygen atoms in total. The average Bonchev–Trinajstić information content (AvgIpc) is 2.77. The van der Waals surface area contributed by atoms with Crippen molar-refractivity contribution in [1.82, 2.24) is 0 Å². The van der Waals surface area contributed by atoms with E-state index in [1.54, 1.807) is 0 Å². The van der Waals surface area contributed by atoms with Gasteiger partial charge in [0.05, 0.1) is 5.88 Å². The molecule has 0 aliphatic heterocycles. The van der Waals surface area contributed by atoms with Gasteiger partial charge in [0.1, 0.15) is 5.75 Å². The zero-order chi connectivity index (χ0) is 31.5. The number of alkyl halides is 18. The first-order valence-electron chi connectivity index (χ1n) is 8.77. The van der Waals surface area contributed by atoms with Crippen LogP contribution in [-0.2, 0) is 10.1 Å². The molecule has 0 fully saturated rings. The Hall–Kier alpha value is -2.26. The van der Waals surface area contributed by atoms with Crippen LogP contribution in [0.5, 0.6) is 5.75 Å². The minimum absolute atomic E-state index is 0.187. The molecule has 0 aromatic heterocycles. The fraction of sp³-hybridized carbons (Fsp3) is 0.562. The second kappa shape index (κ2) is 9.68. The zero-order valence-electron chi connectivity index (χ0n) is 17.4. The number of benzene rings is 1. The van der Waals surface area contributed by atoms with Crippen LogP contribution in [-0.4, -0.2) is 67.0 Å². The van der Waals surface area contributed by atoms with Crippen molar-refractivity contribution in [2.75, 3.05) is 5.88 Å². The second-order valence-electron chi connectivity index (χ2n) is 7.08. The summed E-state index contributed by atoms with van der Waals surface area (Å²) in [5.41, 5.74) is -0.433. The normalized spacial score (nSPS) is 15.3. The van der Waals surface area contributed by atoms with Crippen molar-refractivity contribution in [2.45, 2.75) is 47.0 Å². The van der Waals surface area contributed by atoms with Crippen LogP contribution >= 0.6 is 11.6 Å². The summed E-state index contributed by atoms with van der Waals surface area (Å²) in [6.45, 7) is 0. The number of rotatable bonds is 11. The third-order valence-electron chi connectivity index (χ3n) is 4.51. The highest BCUT2D eigenvalue weighted by atomic mass is 35.5. The van der Waals surface area contributed by atoms with Crippen molar-refractivity contribution >= 4 is 27.5 Å². The van der Waals surface area contributed by atoms with Gasteiger partial charge in [0, 0.05) is 5.56 Å². The quantitative estimate of drug-likeness (QED) is 0.114. The highest BCUT2D eigenvalue weighted by Gasteiger charge is 2.96. The lowest BCUT2D eigenvalue weighted by Gasteiger charge is -2.42. The maximum atomic E-state index is 14.0. The Morgan fingerprint density at radius 2 is 0.949 bits per heavy atom. The van der Waals surface area contributed by atoms with Crippen LogP contribution in [0.3, 0.4) is 0 Å². The number of ketones is 1. The minimum Gasteiger partial charge on any atom is -0.378 e. The Labute approximate surface area is 208 Å². The van der Waals surface area contributed by atoms with E-state index in [0.29, 0.717) is 12.1 Å². The van der Waals surface area contributed by atoms with E-state index in [9.17, 15) is 87.8 Å². The van der Waals surface area contributed by atoms with E-state index in [2.05, 4.69) is 4.18 Å². The van der Waals surface area contributed by atoms with Crippen LogP contribution in [0.25, 0.3) is 0 Å². The van der Waals surface area contributed by atoms with Gasteiger partial charge in [0.15, 0.2) is 5.78 Å². The van der Waals surface area contributed by atoms with Crippen LogP contribution in [0.2, 0.25) is 0 Å². The molecule has 0 aliphatic carbocycles. The van der Waals surface area contributed by atoms with E-state index in [-0.39, 0.29) is 12.1 Å². The number of carbonyl (C=O) groups excluding carboxylic acids is 1. The van der Waals surface area contributed by atoms with Crippen LogP contribution in [0.1, 0.15) is 10.4 Å². The molecule has 1 aromatic carbocycles. The third-order valence-corrected chi connectivity index (χ3v) is 6.05. The molecular weight excluding hydrogens is 647 g/mol. The predicted molar refractivity (Wildman–Crippen MR) is 91.7 cm³/mol. The standard InChI is InChI=1S/C16H6ClF17O4S/c17-5-8(35)6-1-3-7(4-2-6)38-39(36,37)16(33,34)14(28,29)12(24,25)10(20,21)9(18,19)11(22,23)13(26,27)15(30,31)32/h1-4H,5H2. The van der Waals surface area contributed by atoms with Crippen molar-refractivity contribution in [3.05, 3.63) is 29.8 Å². The first-order chi connectivity index (χ1) is 16.9. The number of hydrogen-bond acceptors (Lipinski definition) is 4. The molecule has 0 bridgehead atoms. The predicted octanol–water partition coefficient (Wildman–Crippen LogP) is 6.78. The van der Waals surface area contributed by atoms with Crippen molar-refractivity contribution in [1.29, 1.82) is 0 Å². The van der Waals surface area contributed by atoms with E-state index >= 15 is 0 Å². The second-order valence-corrected chi connectivity index (χ2v) is 8.93. The van der Waals surface area contributed by atoms with Crippen molar-refractivity contribution in [3.63, 3.8) is 0 Å². The van der Waals surface area contributed by atoms with Gasteiger partial charge in [-0.2, -0.15) is 83.1 Å². The summed E-state index contributed by atoms with van der Waals surface area (Å²) < 4.78 is 252. The summed E-state index contributed by atoms with van der Waals surface area (Å²) in [6.07, 6.45) is -7.92. The lowest BCUT2D eigenvalue weighted by atomic mass is 9.91. The summed E-state index contributed by atoms with van der Waals surface area (Å²) in [5, 5.41) is -7.81. The van der Waals surface area contributed by atoms with Gasteiger partial charge in [-0.3, -0.25) is 4.79 Å². The van der Waals surface area contributed by atoms with Gasteiger partial charge in [0.2, 0.25) is 0 Å². The van der Waals surface area contributed by atoms with Gasteiger partial charge in [-0.15, -0.1) is 11.6 Å². The molecule has 0 heterocycles. The molecular formula is C16H6ClF17O4S. The molecule has 1 aromatic rings. The van der Waals surface area contributed by atoms with Gasteiger partial charge in [-0.1, -0.05) is 0 Å². The maximum absolute atomic E-state index is 14.0. The Morgan fingerprint density at radius 3 is 1.28 bits per heavy atom. The van der Waals surface area contributed by atoms with Gasteiger partial charge < -0.3 is 4.18 Å². The fourth-order valence-electron chi connectivity index (χ4n) is 2.26. The van der Waals surface area contributed by atoms with Gasteiger partial charge in [0.25, 0.3) is 0 Å². The summed E-state index contributed by atoms with van der Waals surface area (Å²) in [7, 11) is -7.75. The summed E-state index contributed by atoms with van der Waals surface area (Å²) in [6, 6.07) is 1.37. The first kappa shape index (κ1) is 34.8. The SMILES string of the molecule is O=C(CCl)c1ccc(OS(=O)(=O)C(F)(F)C(F)(F)C(F)(F)C(F)(F)C(F)(F)C(F)(F)C(F)(F)C(F)(F)F)cc1. The van der Waals surface area contributed by atoms with Crippen LogP contribution in [0, 0.1) is 0 Å². The van der Waals surface area contributed by atoms with Crippen LogP contribution in [0.4, 0.5) is 74.6 Å². The molecule has 0 unspecified atom stereocenters. The van der Waals surface area contributed by atoms with Crippen LogP contribution < -0.4 is 4.18 Å². The summed E-state index contributed by atoms with van der Waals surface area (Å²) in [5.74, 6) is -55.4. The monoisotopic (exact) mass is 652 g/mol. The van der Waals surface area contributed by atoms with Gasteiger partial charge in [-0.25, -0.2) is 0 Å². The van der Waals surface area contributed by atoms with E-state index in [0.717, 1.165) is 0 Å². The first-order valence-corrected chi connectivity index (χ1v) is 10.7. The van der Waals surface area contributed by atoms with Crippen LogP contribution in [0.15, 0.2) is 24.3 Å². The molecule has 1 rings (SSSR count). The Morgan fingerprint density at radius 1 is 0.615 bits per heavy atom. The maximum Gasteiger partial charge on any atom is 0.460 e. The molecule has 0 saturated carbocycles. The molecule has 0 atom stereocenters. The molecule has 0 N–H and O–H groups in total. The number of carbonyl (C=O) groups is 1. The Balaban J connectivity index is 3.63. The summed E-state index contributed by atoms with van der Waals surface area (Å²) >= 11 is 5.14. The lowest BCUT2D eigenvalue weighted by Crippen LogP contribution is -2.75. The van der Waals surface area contributed by atoms with Crippen molar-refractivity contribution in [2.24, 2.45) is 0 Å². The fourth-order valence-corrected chi connectivity index (χ4v) is 3.32. The third kappa shape index (κ3) is 4.94. The Kier molecular flexibility index (Phi) is 8.63. The molecule has 0 amide bonds. The molecule has 0 saturated heterocycles. The van der Waals surface area contributed by atoms with Gasteiger partial charge in [-0.05, 0) is 24.3 Å². The number of hydrogen-bond donors (Lipinski definition) is 0. The van der Waals surface area contributed by atoms with E-state index in [4.69, 9.17) is 11.6 Å². The molecule has 23 heteroatoms. The summed E-state index contributed by atoms with van der Waals surface area (Å²) in [4.78, 5) is 11.3. The highest BCUT2D eigenvalue weighted by molar-refractivity contribution is 7.88. The van der Waals surface area contributed by atoms with E-state index in [1.165, 1.54) is 0 Å². The Bertz CT molecular complexity index is 1180. The van der Waals surface area contributed by atoms with Crippen molar-refractivity contribution in [3.8, 4) is 5.75 Å². The number of Topliss-reactive ketones (excluding diaryl/α,β-unsaturated/α-hetero) is 1. The largest absolute Gasteiger partial charge is 0.460 e. The molecule has 0 spiro atoms. The molecule has 39 heavy (non-hydrogen) atoms. The van der Waals surface area contributed by atoms with Crippen molar-refractivity contribution < 1.29 is 92.0 Å². The lowest BCUT2D eigenvalue weighted by molar-refractivity contribution is -0.458. The zero-order valence-corrected chi connectivity index (χ0v) is 18.9. The number of halogens is 18. The van der Waals surface area contributed by atoms with E-state index < -0.39 is 80.1 Å². The van der Waals surface area contributed by atoms with Gasteiger partial charge >= 0.3 is 57.1 Å². The topological polar surface area (TPSA) is 60.4 Å². The molecule has 0 radical (unpaired) electrons. The molecule has 0 aliphatic rings. The van der Waals surface area contributed by atoms with E-state index in [1.807, 2.05) is 0 Å². The average molecular weight is 653 g/mol. The smallest absolute Gasteiger partial charge is 0.378 e. The molecule has 226 valence electrons. The minimum atomic E-state index is -8.94.